The number of aryl methyl sites for hydroxylation is 2. The molecule has 0 aromatic heterocycles. The highest BCUT2D eigenvalue weighted by atomic mass is 32.1. The molecule has 126 valence electrons. The summed E-state index contributed by atoms with van der Waals surface area (Å²) in [5.41, 5.74) is 4.57. The van der Waals surface area contributed by atoms with E-state index in [9.17, 15) is 5.11 Å². The highest BCUT2D eigenvalue weighted by Crippen LogP contribution is 2.21. The number of nitrogens with one attached hydrogen (secondary N) is 1. The Hall–Kier alpha value is -2.27. The van der Waals surface area contributed by atoms with E-state index in [0.29, 0.717) is 5.75 Å². The van der Waals surface area contributed by atoms with Gasteiger partial charge >= 0.3 is 0 Å². The molecule has 1 aliphatic rings. The monoisotopic (exact) mass is 341 g/mol. The molecule has 0 unspecified atom stereocenters. The molecular weight excluding hydrogens is 318 g/mol. The normalized spacial score (nSPS) is 14.6. The number of anilines is 2. The van der Waals surface area contributed by atoms with Gasteiger partial charge in [0.15, 0.2) is 5.11 Å². The molecular formula is C19H23N3OS. The predicted molar refractivity (Wildman–Crippen MR) is 104 cm³/mol. The zero-order chi connectivity index (χ0) is 17.1. The maximum Gasteiger partial charge on any atom is 0.173 e. The Morgan fingerprint density at radius 3 is 2.29 bits per heavy atom. The first-order valence-corrected chi connectivity index (χ1v) is 8.60. The predicted octanol–water partition coefficient (Wildman–Crippen LogP) is 3.53. The molecule has 0 radical (unpaired) electrons. The summed E-state index contributed by atoms with van der Waals surface area (Å²) in [6, 6.07) is 13.8. The van der Waals surface area contributed by atoms with E-state index < -0.39 is 0 Å². The van der Waals surface area contributed by atoms with Crippen LogP contribution in [-0.2, 0) is 0 Å². The Kier molecular flexibility index (Phi) is 4.90. The average molecular weight is 341 g/mol. The van der Waals surface area contributed by atoms with Crippen molar-refractivity contribution in [3.63, 3.8) is 0 Å². The van der Waals surface area contributed by atoms with Crippen LogP contribution in [0.5, 0.6) is 5.75 Å². The van der Waals surface area contributed by atoms with E-state index in [0.717, 1.165) is 42.7 Å². The van der Waals surface area contributed by atoms with E-state index in [2.05, 4.69) is 47.2 Å². The smallest absolute Gasteiger partial charge is 0.173 e. The Morgan fingerprint density at radius 1 is 1.00 bits per heavy atom. The second kappa shape index (κ2) is 7.09. The van der Waals surface area contributed by atoms with Gasteiger partial charge in [-0.25, -0.2) is 0 Å². The van der Waals surface area contributed by atoms with Gasteiger partial charge in [-0.3, -0.25) is 0 Å². The van der Waals surface area contributed by atoms with E-state index >= 15 is 0 Å². The fourth-order valence-corrected chi connectivity index (χ4v) is 3.41. The van der Waals surface area contributed by atoms with Crippen LogP contribution >= 0.6 is 12.2 Å². The SMILES string of the molecule is Cc1cc(C)cc(NC(=S)N2CCN(c3cccc(O)c3)CC2)c1. The zero-order valence-electron chi connectivity index (χ0n) is 14.1. The minimum Gasteiger partial charge on any atom is -0.508 e. The first kappa shape index (κ1) is 16.6. The molecule has 1 aliphatic heterocycles. The van der Waals surface area contributed by atoms with Crippen LogP contribution in [0, 0.1) is 13.8 Å². The molecule has 2 N–H and O–H groups in total. The van der Waals surface area contributed by atoms with E-state index in [1.165, 1.54) is 11.1 Å². The lowest BCUT2D eigenvalue weighted by Gasteiger charge is -2.37. The highest BCUT2D eigenvalue weighted by Gasteiger charge is 2.19. The van der Waals surface area contributed by atoms with Crippen LogP contribution in [0.15, 0.2) is 42.5 Å². The average Bonchev–Trinajstić information content (AvgIpc) is 2.54. The van der Waals surface area contributed by atoms with Gasteiger partial charge in [-0.15, -0.1) is 0 Å². The van der Waals surface area contributed by atoms with Crippen molar-refractivity contribution in [2.24, 2.45) is 0 Å². The molecule has 4 nitrogen and oxygen atoms in total. The highest BCUT2D eigenvalue weighted by molar-refractivity contribution is 7.80. The van der Waals surface area contributed by atoms with Gasteiger partial charge in [-0.1, -0.05) is 12.1 Å². The third-order valence-corrected chi connectivity index (χ3v) is 4.59. The van der Waals surface area contributed by atoms with Crippen LogP contribution in [0.1, 0.15) is 11.1 Å². The summed E-state index contributed by atoms with van der Waals surface area (Å²) in [6.45, 7) is 7.69. The number of phenolic OH excluding ortho intramolecular Hbond substituents is 1. The van der Waals surface area contributed by atoms with E-state index in [-0.39, 0.29) is 0 Å². The maximum absolute atomic E-state index is 9.62. The number of thiocarbonyl (C=S) groups is 1. The van der Waals surface area contributed by atoms with Gasteiger partial charge in [0.2, 0.25) is 0 Å². The van der Waals surface area contributed by atoms with Crippen LogP contribution < -0.4 is 10.2 Å². The maximum atomic E-state index is 9.62. The Labute approximate surface area is 148 Å². The number of hydrogen-bond donors (Lipinski definition) is 2. The molecule has 1 saturated heterocycles. The van der Waals surface area contributed by atoms with Gasteiger partial charge in [-0.2, -0.15) is 0 Å². The molecule has 2 aromatic carbocycles. The molecule has 0 bridgehead atoms. The van der Waals surface area contributed by atoms with Crippen LogP contribution in [-0.4, -0.2) is 41.3 Å². The van der Waals surface area contributed by atoms with Gasteiger partial charge in [0.05, 0.1) is 0 Å². The summed E-state index contributed by atoms with van der Waals surface area (Å²) in [5, 5.41) is 13.8. The largest absolute Gasteiger partial charge is 0.508 e. The number of phenols is 1. The standard InChI is InChI=1S/C19H23N3OS/c1-14-10-15(2)12-16(11-14)20-19(24)22-8-6-21(7-9-22)17-4-3-5-18(23)13-17/h3-5,10-13,23H,6-9H2,1-2H3,(H,20,24). The minimum atomic E-state index is 0.307. The zero-order valence-corrected chi connectivity index (χ0v) is 14.9. The Morgan fingerprint density at radius 2 is 1.67 bits per heavy atom. The van der Waals surface area contributed by atoms with Crippen molar-refractivity contribution in [1.82, 2.24) is 4.90 Å². The van der Waals surface area contributed by atoms with Crippen molar-refractivity contribution in [3.8, 4) is 5.75 Å². The van der Waals surface area contributed by atoms with E-state index in [1.807, 2.05) is 18.2 Å². The third kappa shape index (κ3) is 3.97. The van der Waals surface area contributed by atoms with Crippen LogP contribution in [0.3, 0.4) is 0 Å². The van der Waals surface area contributed by atoms with E-state index in [1.54, 1.807) is 6.07 Å². The number of benzene rings is 2. The summed E-state index contributed by atoms with van der Waals surface area (Å²) in [5.74, 6) is 0.307. The molecule has 0 aliphatic carbocycles. The molecule has 2 aromatic rings. The van der Waals surface area contributed by atoms with Crippen molar-refractivity contribution < 1.29 is 5.11 Å². The number of piperazine rings is 1. The molecule has 3 rings (SSSR count). The lowest BCUT2D eigenvalue weighted by molar-refractivity contribution is 0.390. The quantitative estimate of drug-likeness (QED) is 0.818. The molecule has 0 spiro atoms. The fraction of sp³-hybridized carbons (Fsp3) is 0.316. The van der Waals surface area contributed by atoms with Crippen LogP contribution in [0.25, 0.3) is 0 Å². The second-order valence-electron chi connectivity index (χ2n) is 6.30. The molecule has 0 saturated carbocycles. The minimum absolute atomic E-state index is 0.307. The molecule has 24 heavy (non-hydrogen) atoms. The fourth-order valence-electron chi connectivity index (χ4n) is 3.11. The number of nitrogens with zero attached hydrogens (tertiary/aromatic N) is 2. The Bertz CT molecular complexity index is 719. The summed E-state index contributed by atoms with van der Waals surface area (Å²) in [6.07, 6.45) is 0. The molecule has 0 amide bonds. The second-order valence-corrected chi connectivity index (χ2v) is 6.69. The molecule has 1 heterocycles. The number of rotatable bonds is 2. The van der Waals surface area contributed by atoms with Crippen molar-refractivity contribution in [2.45, 2.75) is 13.8 Å². The molecule has 0 atom stereocenters. The van der Waals surface area contributed by atoms with Gasteiger partial charge in [0.25, 0.3) is 0 Å². The lowest BCUT2D eigenvalue weighted by atomic mass is 10.1. The lowest BCUT2D eigenvalue weighted by Crippen LogP contribution is -2.50. The first-order valence-electron chi connectivity index (χ1n) is 8.19. The first-order chi connectivity index (χ1) is 11.5. The summed E-state index contributed by atoms with van der Waals surface area (Å²) >= 11 is 5.57. The summed E-state index contributed by atoms with van der Waals surface area (Å²) in [7, 11) is 0. The van der Waals surface area contributed by atoms with Gasteiger partial charge in [-0.05, 0) is 61.5 Å². The van der Waals surface area contributed by atoms with Crippen molar-refractivity contribution in [1.29, 1.82) is 0 Å². The number of aromatic hydroxyl groups is 1. The van der Waals surface area contributed by atoms with Gasteiger partial charge in [0, 0.05) is 43.6 Å². The molecule has 1 fully saturated rings. The number of hydrogen-bond acceptors (Lipinski definition) is 3. The van der Waals surface area contributed by atoms with Crippen molar-refractivity contribution >= 4 is 28.7 Å². The van der Waals surface area contributed by atoms with Crippen molar-refractivity contribution in [2.75, 3.05) is 36.4 Å². The van der Waals surface area contributed by atoms with E-state index in [4.69, 9.17) is 12.2 Å². The van der Waals surface area contributed by atoms with Crippen molar-refractivity contribution in [3.05, 3.63) is 53.6 Å². The van der Waals surface area contributed by atoms with Crippen LogP contribution in [0.4, 0.5) is 11.4 Å². The molecule has 5 heteroatoms. The van der Waals surface area contributed by atoms with Gasteiger partial charge in [0.1, 0.15) is 5.75 Å². The Balaban J connectivity index is 1.59. The van der Waals surface area contributed by atoms with Crippen LogP contribution in [0.2, 0.25) is 0 Å². The van der Waals surface area contributed by atoms with Gasteiger partial charge < -0.3 is 20.2 Å². The summed E-state index contributed by atoms with van der Waals surface area (Å²) in [4.78, 5) is 4.47. The topological polar surface area (TPSA) is 38.7 Å². The third-order valence-electron chi connectivity index (χ3n) is 4.23. The summed E-state index contributed by atoms with van der Waals surface area (Å²) < 4.78 is 0.